The van der Waals surface area contributed by atoms with Gasteiger partial charge in [-0.25, -0.2) is 4.79 Å². The summed E-state index contributed by atoms with van der Waals surface area (Å²) >= 11 is 0. The average Bonchev–Trinajstić information content (AvgIpc) is 3.20. The topological polar surface area (TPSA) is 98.6 Å². The van der Waals surface area contributed by atoms with Crippen molar-refractivity contribution in [2.75, 3.05) is 39.3 Å². The second-order valence-corrected chi connectivity index (χ2v) is 6.75. The van der Waals surface area contributed by atoms with Gasteiger partial charge >= 0.3 is 5.69 Å². The van der Waals surface area contributed by atoms with E-state index in [9.17, 15) is 19.5 Å². The summed E-state index contributed by atoms with van der Waals surface area (Å²) in [6.45, 7) is 4.20. The number of hydrogen-bond donors (Lipinski definition) is 2. The first kappa shape index (κ1) is 16.9. The highest BCUT2D eigenvalue weighted by atomic mass is 16.3. The fraction of sp³-hybridized carbons (Fsp3) is 0.688. The molecule has 0 radical (unpaired) electrons. The first-order chi connectivity index (χ1) is 11.6. The van der Waals surface area contributed by atoms with Crippen molar-refractivity contribution in [1.82, 2.24) is 19.4 Å². The molecule has 8 heteroatoms. The molecule has 0 saturated carbocycles. The second kappa shape index (κ2) is 7.31. The third-order valence-corrected chi connectivity index (χ3v) is 5.06. The predicted octanol–water partition coefficient (Wildman–Crippen LogP) is -1.30. The van der Waals surface area contributed by atoms with Crippen LogP contribution in [0.4, 0.5) is 0 Å². The normalized spacial score (nSPS) is 24.6. The summed E-state index contributed by atoms with van der Waals surface area (Å²) in [6, 6.07) is 1.23. The molecule has 2 N–H and O–H groups in total. The summed E-state index contributed by atoms with van der Waals surface area (Å²) in [4.78, 5) is 41.5. The molecule has 2 aliphatic rings. The van der Waals surface area contributed by atoms with Crippen LogP contribution >= 0.6 is 0 Å². The molecular formula is C16H24N4O4. The third kappa shape index (κ3) is 3.76. The van der Waals surface area contributed by atoms with E-state index in [1.807, 2.05) is 0 Å². The fourth-order valence-electron chi connectivity index (χ4n) is 3.67. The highest BCUT2D eigenvalue weighted by Gasteiger charge is 2.36. The van der Waals surface area contributed by atoms with Gasteiger partial charge in [0.15, 0.2) is 0 Å². The molecule has 2 saturated heterocycles. The number of aliphatic hydroxyl groups is 1. The molecule has 2 fully saturated rings. The second-order valence-electron chi connectivity index (χ2n) is 6.75. The zero-order valence-electron chi connectivity index (χ0n) is 13.7. The lowest BCUT2D eigenvalue weighted by Crippen LogP contribution is -2.37. The first-order valence-corrected chi connectivity index (χ1v) is 8.47. The Morgan fingerprint density at radius 3 is 2.58 bits per heavy atom. The molecule has 24 heavy (non-hydrogen) atoms. The molecule has 2 atom stereocenters. The van der Waals surface area contributed by atoms with E-state index in [0.717, 1.165) is 19.6 Å². The number of aliphatic hydroxyl groups excluding tert-OH is 1. The van der Waals surface area contributed by atoms with Crippen LogP contribution in [0.15, 0.2) is 21.9 Å². The lowest BCUT2D eigenvalue weighted by Gasteiger charge is -2.22. The van der Waals surface area contributed by atoms with Crippen LogP contribution in [0.3, 0.4) is 0 Å². The molecule has 1 aromatic rings. The maximum Gasteiger partial charge on any atom is 0.328 e. The van der Waals surface area contributed by atoms with Crippen LogP contribution in [-0.2, 0) is 11.3 Å². The van der Waals surface area contributed by atoms with Gasteiger partial charge in [-0.3, -0.25) is 19.1 Å². The Labute approximate surface area is 139 Å². The number of rotatable bonds is 5. The van der Waals surface area contributed by atoms with Crippen molar-refractivity contribution in [2.45, 2.75) is 19.4 Å². The number of nitrogens with one attached hydrogen (secondary N) is 1. The Morgan fingerprint density at radius 2 is 1.92 bits per heavy atom. The molecule has 0 spiro atoms. The van der Waals surface area contributed by atoms with E-state index in [0.29, 0.717) is 13.1 Å². The van der Waals surface area contributed by atoms with Gasteiger partial charge in [-0.05, 0) is 31.8 Å². The van der Waals surface area contributed by atoms with Gasteiger partial charge in [-0.15, -0.1) is 0 Å². The smallest absolute Gasteiger partial charge is 0.328 e. The largest absolute Gasteiger partial charge is 0.396 e. The van der Waals surface area contributed by atoms with Crippen molar-refractivity contribution in [2.24, 2.45) is 11.8 Å². The molecule has 0 aliphatic carbocycles. The summed E-state index contributed by atoms with van der Waals surface area (Å²) in [7, 11) is 0. The van der Waals surface area contributed by atoms with Crippen LogP contribution in [-0.4, -0.2) is 69.7 Å². The molecule has 0 aromatic carbocycles. The minimum Gasteiger partial charge on any atom is -0.396 e. The van der Waals surface area contributed by atoms with Crippen LogP contribution in [0.5, 0.6) is 0 Å². The van der Waals surface area contributed by atoms with Crippen LogP contribution in [0, 0.1) is 11.8 Å². The van der Waals surface area contributed by atoms with E-state index in [1.165, 1.54) is 29.7 Å². The predicted molar refractivity (Wildman–Crippen MR) is 87.6 cm³/mol. The number of carbonyl (C=O) groups is 1. The lowest BCUT2D eigenvalue weighted by molar-refractivity contribution is -0.131. The van der Waals surface area contributed by atoms with Crippen LogP contribution in [0.2, 0.25) is 0 Å². The molecule has 1 amide bonds. The Morgan fingerprint density at radius 1 is 1.21 bits per heavy atom. The van der Waals surface area contributed by atoms with Crippen LogP contribution in [0.25, 0.3) is 0 Å². The monoisotopic (exact) mass is 336 g/mol. The van der Waals surface area contributed by atoms with E-state index in [2.05, 4.69) is 9.88 Å². The van der Waals surface area contributed by atoms with Crippen LogP contribution in [0.1, 0.15) is 12.8 Å². The van der Waals surface area contributed by atoms with Crippen molar-refractivity contribution in [3.63, 3.8) is 0 Å². The fourth-order valence-corrected chi connectivity index (χ4v) is 3.67. The van der Waals surface area contributed by atoms with Gasteiger partial charge in [0.1, 0.15) is 6.54 Å². The summed E-state index contributed by atoms with van der Waals surface area (Å²) in [5, 5.41) is 9.62. The molecule has 8 nitrogen and oxygen atoms in total. The van der Waals surface area contributed by atoms with E-state index in [-0.39, 0.29) is 30.9 Å². The number of nitrogens with zero attached hydrogens (tertiary/aromatic N) is 3. The van der Waals surface area contributed by atoms with E-state index < -0.39 is 11.2 Å². The highest BCUT2D eigenvalue weighted by molar-refractivity contribution is 5.76. The summed E-state index contributed by atoms with van der Waals surface area (Å²) in [6.07, 6.45) is 3.77. The lowest BCUT2D eigenvalue weighted by atomic mass is 9.96. The Hall–Kier alpha value is -1.93. The number of amides is 1. The quantitative estimate of drug-likeness (QED) is 0.696. The van der Waals surface area contributed by atoms with E-state index >= 15 is 0 Å². The first-order valence-electron chi connectivity index (χ1n) is 8.47. The third-order valence-electron chi connectivity index (χ3n) is 5.06. The van der Waals surface area contributed by atoms with Gasteiger partial charge in [0.25, 0.3) is 5.56 Å². The van der Waals surface area contributed by atoms with Crippen molar-refractivity contribution in [3.8, 4) is 0 Å². The van der Waals surface area contributed by atoms with Crippen molar-refractivity contribution in [1.29, 1.82) is 0 Å². The summed E-state index contributed by atoms with van der Waals surface area (Å²) in [5.74, 6) is 0.192. The maximum atomic E-state index is 12.5. The molecule has 132 valence electrons. The zero-order chi connectivity index (χ0) is 17.1. The van der Waals surface area contributed by atoms with Gasteiger partial charge in [-0.1, -0.05) is 0 Å². The van der Waals surface area contributed by atoms with Gasteiger partial charge in [-0.2, -0.15) is 0 Å². The minimum atomic E-state index is -0.581. The molecule has 3 rings (SSSR count). The molecule has 1 aromatic heterocycles. The number of carbonyl (C=O) groups excluding carboxylic acids is 1. The number of likely N-dealkylation sites (tertiary alicyclic amines) is 2. The Bertz CT molecular complexity index is 692. The number of H-pyrrole nitrogens is 1. The maximum absolute atomic E-state index is 12.5. The number of hydrogen-bond acceptors (Lipinski definition) is 5. The molecule has 3 heterocycles. The summed E-state index contributed by atoms with van der Waals surface area (Å²) in [5.41, 5.74) is -1.06. The SMILES string of the molecule is O=C(Cn1ccc(=O)[nH]c1=O)N1CC(CO)C(CN2CCCC2)C1. The van der Waals surface area contributed by atoms with E-state index in [1.54, 1.807) is 4.90 Å². The van der Waals surface area contributed by atoms with Gasteiger partial charge in [0, 0.05) is 44.4 Å². The number of aromatic nitrogens is 2. The van der Waals surface area contributed by atoms with E-state index in [4.69, 9.17) is 0 Å². The Kier molecular flexibility index (Phi) is 5.15. The Balaban J connectivity index is 1.62. The van der Waals surface area contributed by atoms with Gasteiger partial charge < -0.3 is 14.9 Å². The standard InChI is InChI=1S/C16H24N4O4/c21-11-13-9-20(8-12(13)7-18-4-1-2-5-18)15(23)10-19-6-3-14(22)17-16(19)24/h3,6,12-13,21H,1-2,4-5,7-11H2,(H,17,22,24). The molecule has 2 aliphatic heterocycles. The highest BCUT2D eigenvalue weighted by Crippen LogP contribution is 2.25. The molecular weight excluding hydrogens is 312 g/mol. The average molecular weight is 336 g/mol. The minimum absolute atomic E-state index is 0.0703. The molecule has 0 bridgehead atoms. The molecule has 2 unspecified atom stereocenters. The zero-order valence-corrected chi connectivity index (χ0v) is 13.7. The van der Waals surface area contributed by atoms with Crippen LogP contribution < -0.4 is 11.2 Å². The number of aromatic amines is 1. The summed E-state index contributed by atoms with van der Waals surface area (Å²) < 4.78 is 1.20. The van der Waals surface area contributed by atoms with Crippen molar-refractivity contribution < 1.29 is 9.90 Å². The van der Waals surface area contributed by atoms with Crippen molar-refractivity contribution >= 4 is 5.91 Å². The van der Waals surface area contributed by atoms with Crippen molar-refractivity contribution in [3.05, 3.63) is 33.1 Å². The van der Waals surface area contributed by atoms with Gasteiger partial charge in [0.05, 0.1) is 0 Å². The van der Waals surface area contributed by atoms with Gasteiger partial charge in [0.2, 0.25) is 5.91 Å².